The number of methoxy groups -OCH3 is 1. The van der Waals surface area contributed by atoms with Gasteiger partial charge in [0.2, 0.25) is 5.91 Å². The first kappa shape index (κ1) is 43.5. The second kappa shape index (κ2) is 18.3. The number of amides is 1. The second-order valence-electron chi connectivity index (χ2n) is 15.0. The molecule has 0 aliphatic carbocycles. The molecule has 6 aromatic rings. The third-order valence-corrected chi connectivity index (χ3v) is 15.0. The third kappa shape index (κ3) is 9.46. The highest BCUT2D eigenvalue weighted by molar-refractivity contribution is 7.91. The molecule has 1 amide bonds. The van der Waals surface area contributed by atoms with Gasteiger partial charge in [-0.25, -0.2) is 18.2 Å². The number of rotatable bonds is 12. The van der Waals surface area contributed by atoms with E-state index in [1.165, 1.54) is 7.11 Å². The molecular weight excluding hydrogens is 886 g/mol. The van der Waals surface area contributed by atoms with Crippen molar-refractivity contribution in [3.63, 3.8) is 0 Å². The minimum atomic E-state index is -4.35. The van der Waals surface area contributed by atoms with Gasteiger partial charge in [0.1, 0.15) is 31.0 Å². The van der Waals surface area contributed by atoms with Crippen LogP contribution in [0.25, 0.3) is 11.1 Å². The molecule has 0 radical (unpaired) electrons. The number of aromatic nitrogens is 1. The fraction of sp³-hybridized carbons (Fsp3) is 0.217. The number of carbonyl (C=O) groups is 2. The lowest BCUT2D eigenvalue weighted by molar-refractivity contribution is -0.145. The average Bonchev–Trinajstić information content (AvgIpc) is 3.65. The van der Waals surface area contributed by atoms with Gasteiger partial charge in [-0.05, 0) is 101 Å². The fourth-order valence-electron chi connectivity index (χ4n) is 7.50. The van der Waals surface area contributed by atoms with Crippen LogP contribution in [0.4, 0.5) is 5.13 Å². The normalized spacial score (nSPS) is 16.3. The first-order valence-corrected chi connectivity index (χ1v) is 22.6. The van der Waals surface area contributed by atoms with Crippen molar-refractivity contribution >= 4 is 61.6 Å². The lowest BCUT2D eigenvalue weighted by Crippen LogP contribution is -2.56. The van der Waals surface area contributed by atoms with E-state index in [9.17, 15) is 18.0 Å². The van der Waals surface area contributed by atoms with Crippen molar-refractivity contribution in [2.75, 3.05) is 19.5 Å². The molecule has 2 aliphatic rings. The summed E-state index contributed by atoms with van der Waals surface area (Å²) in [5, 5.41) is 12.9. The number of ether oxygens (including phenoxy) is 4. The number of nitrogens with one attached hydrogen (secondary N) is 1. The van der Waals surface area contributed by atoms with Crippen molar-refractivity contribution in [1.82, 2.24) is 14.6 Å². The first-order valence-electron chi connectivity index (χ1n) is 19.6. The van der Waals surface area contributed by atoms with Crippen molar-refractivity contribution < 1.29 is 37.0 Å². The van der Waals surface area contributed by atoms with Crippen LogP contribution in [-0.4, -0.2) is 55.4 Å². The summed E-state index contributed by atoms with van der Waals surface area (Å²) in [6, 6.07) is 30.6. The van der Waals surface area contributed by atoms with Gasteiger partial charge < -0.3 is 30.0 Å². The Morgan fingerprint density at radius 2 is 1.63 bits per heavy atom. The molecule has 1 unspecified atom stereocenters. The number of esters is 1. The van der Waals surface area contributed by atoms with Gasteiger partial charge >= 0.3 is 5.97 Å². The van der Waals surface area contributed by atoms with Crippen molar-refractivity contribution in [3.05, 3.63) is 152 Å². The first-order chi connectivity index (χ1) is 30.3. The van der Waals surface area contributed by atoms with Crippen LogP contribution in [0.1, 0.15) is 45.2 Å². The Hall–Kier alpha value is -6.15. The minimum Gasteiger partial charge on any atom is -0.489 e. The van der Waals surface area contributed by atoms with E-state index < -0.39 is 40.1 Å². The Morgan fingerprint density at radius 3 is 2.29 bits per heavy atom. The van der Waals surface area contributed by atoms with Gasteiger partial charge in [0.25, 0.3) is 10.0 Å². The number of hydrogen-bond acceptors (Lipinski definition) is 12. The number of nitrogens with zero attached hydrogens (tertiary/aromatic N) is 3. The van der Waals surface area contributed by atoms with Crippen LogP contribution in [0.5, 0.6) is 17.2 Å². The van der Waals surface area contributed by atoms with E-state index >= 15 is 0 Å². The number of hydrogen-bond donors (Lipinski definition) is 2. The quantitative estimate of drug-likeness (QED) is 0.114. The van der Waals surface area contributed by atoms with Gasteiger partial charge in [0.05, 0.1) is 34.5 Å². The molecule has 322 valence electrons. The molecule has 5 aromatic carbocycles. The summed E-state index contributed by atoms with van der Waals surface area (Å²) in [4.78, 5) is 31.7. The number of fused-ring (bicyclic) bond motifs is 2. The average molecular weight is 925 g/mol. The Balaban J connectivity index is 1.02. The summed E-state index contributed by atoms with van der Waals surface area (Å²) < 4.78 is 53.7. The number of anilines is 1. The molecule has 1 aromatic heterocycles. The third-order valence-electron chi connectivity index (χ3n) is 10.8. The monoisotopic (exact) mass is 923 g/mol. The van der Waals surface area contributed by atoms with Gasteiger partial charge in [-0.15, -0.1) is 0 Å². The summed E-state index contributed by atoms with van der Waals surface area (Å²) in [7, 11) is -3.13. The maximum atomic E-state index is 14.5. The smallest absolute Gasteiger partial charge is 0.328 e. The lowest BCUT2D eigenvalue weighted by Gasteiger charge is -2.36. The van der Waals surface area contributed by atoms with Crippen LogP contribution in [0.2, 0.25) is 10.0 Å². The van der Waals surface area contributed by atoms with Crippen LogP contribution in [0, 0.1) is 18.3 Å². The van der Waals surface area contributed by atoms with Gasteiger partial charge in [-0.2, -0.15) is 9.57 Å². The van der Waals surface area contributed by atoms with Crippen molar-refractivity contribution in [3.8, 4) is 34.4 Å². The number of benzene rings is 5. The van der Waals surface area contributed by atoms with Gasteiger partial charge in [0, 0.05) is 13.0 Å². The summed E-state index contributed by atoms with van der Waals surface area (Å²) in [6.45, 7) is 1.84. The van der Waals surface area contributed by atoms with Gasteiger partial charge in [-0.3, -0.25) is 4.79 Å². The van der Waals surface area contributed by atoms with Gasteiger partial charge in [-0.1, -0.05) is 89.1 Å². The zero-order chi connectivity index (χ0) is 44.4. The van der Waals surface area contributed by atoms with Crippen molar-refractivity contribution in [2.24, 2.45) is 0 Å². The summed E-state index contributed by atoms with van der Waals surface area (Å²) in [6.07, 6.45) is -0.446. The molecule has 17 heteroatoms. The number of nitrogen functional groups attached to an aromatic ring is 1. The predicted octanol–water partition coefficient (Wildman–Crippen LogP) is 7.99. The molecule has 8 rings (SSSR count). The SMILES string of the molecule is COC(=O)[C@H](Cc1ccc(-c2ccc(C#N)cc2)cc1)NC(=O)[C@@H]1Cc2cc3c(cc2CN1S(=O)(=O)c1sc(N)nc1C)OC(c1ccc(OCc2ccc(Cl)c(Cl)c2)cc1)CO3. The van der Waals surface area contributed by atoms with Crippen molar-refractivity contribution in [1.29, 1.82) is 5.26 Å². The summed E-state index contributed by atoms with van der Waals surface area (Å²) >= 11 is 13.0. The molecule has 3 N–H and O–H groups in total. The number of carbonyl (C=O) groups excluding carboxylic acids is 2. The lowest BCUT2D eigenvalue weighted by atomic mass is 9.93. The molecule has 0 saturated heterocycles. The van der Waals surface area contributed by atoms with E-state index in [0.29, 0.717) is 50.6 Å². The van der Waals surface area contributed by atoms with Crippen LogP contribution in [-0.2, 0) is 50.3 Å². The molecule has 3 atom stereocenters. The van der Waals surface area contributed by atoms with E-state index in [4.69, 9.17) is 53.1 Å². The Bertz CT molecular complexity index is 2850. The van der Waals surface area contributed by atoms with E-state index in [2.05, 4.69) is 16.4 Å². The van der Waals surface area contributed by atoms with Gasteiger partial charge in [0.15, 0.2) is 26.9 Å². The molecule has 0 fully saturated rings. The van der Waals surface area contributed by atoms with Crippen molar-refractivity contribution in [2.45, 2.75) is 55.3 Å². The Labute approximate surface area is 377 Å². The van der Waals surface area contributed by atoms with Crippen LogP contribution in [0.15, 0.2) is 107 Å². The topological polar surface area (TPSA) is 183 Å². The number of thiazole rings is 1. The molecule has 0 saturated carbocycles. The number of nitriles is 1. The zero-order valence-electron chi connectivity index (χ0n) is 33.8. The molecule has 3 heterocycles. The highest BCUT2D eigenvalue weighted by atomic mass is 35.5. The number of sulfonamides is 1. The Morgan fingerprint density at radius 1 is 0.952 bits per heavy atom. The number of halogens is 2. The van der Waals surface area contributed by atoms with E-state index in [-0.39, 0.29) is 41.0 Å². The van der Waals surface area contributed by atoms with E-state index in [1.807, 2.05) is 66.7 Å². The van der Waals surface area contributed by atoms with E-state index in [1.54, 1.807) is 43.3 Å². The summed E-state index contributed by atoms with van der Waals surface area (Å²) in [5.74, 6) is 0.116. The molecular formula is C46H39Cl2N5O8S2. The minimum absolute atomic E-state index is 0.0370. The summed E-state index contributed by atoms with van der Waals surface area (Å²) in [5.41, 5.74) is 12.2. The predicted molar refractivity (Wildman–Crippen MR) is 238 cm³/mol. The zero-order valence-corrected chi connectivity index (χ0v) is 37.0. The highest BCUT2D eigenvalue weighted by Gasteiger charge is 2.43. The number of aryl methyl sites for hydroxylation is 1. The number of nitrogens with two attached hydrogens (primary N) is 1. The standard InChI is InChI=1S/C46H39Cl2N5O8S2/c1-26-45(62-46(50)51-26)63(56,57)53-23-34-21-41-40(60-25-42(61-41)32-12-14-35(15-13-32)59-24-29-7-16-36(47)37(48)17-29)20-33(34)19-39(53)43(54)52-38(44(55)58-2)18-27-3-8-30(9-4-27)31-10-5-28(22-49)6-11-31/h3-17,20-21,38-39,42H,18-19,23-25H2,1-2H3,(H2,50,51)(H,52,54)/t38-,39-,42?/m0/s1. The fourth-order valence-corrected chi connectivity index (χ4v) is 10.8. The Kier molecular flexibility index (Phi) is 12.6. The van der Waals surface area contributed by atoms with Crippen LogP contribution in [0.3, 0.4) is 0 Å². The maximum Gasteiger partial charge on any atom is 0.328 e. The molecule has 13 nitrogen and oxygen atoms in total. The van der Waals surface area contributed by atoms with Crippen LogP contribution < -0.4 is 25.3 Å². The second-order valence-corrected chi connectivity index (χ2v) is 18.9. The molecule has 63 heavy (non-hydrogen) atoms. The molecule has 0 bridgehead atoms. The molecule has 0 spiro atoms. The van der Waals surface area contributed by atoms with Crippen LogP contribution >= 0.6 is 34.5 Å². The molecule has 2 aliphatic heterocycles. The maximum absolute atomic E-state index is 14.5. The highest BCUT2D eigenvalue weighted by Crippen LogP contribution is 2.42. The van der Waals surface area contributed by atoms with E-state index in [0.717, 1.165) is 43.5 Å². The largest absolute Gasteiger partial charge is 0.489 e.